The summed E-state index contributed by atoms with van der Waals surface area (Å²) >= 11 is 7.92. The Morgan fingerprint density at radius 3 is 2.00 bits per heavy atom. The number of hydrogen-bond acceptors (Lipinski definition) is 2. The van der Waals surface area contributed by atoms with Gasteiger partial charge < -0.3 is 5.43 Å². The Balaban J connectivity index is 0. The molecule has 32 valence electrons. The number of nitrogens with one attached hydrogen (secondary N) is 1. The second kappa shape index (κ2) is 6.84. The Kier molecular flexibility index (Phi) is 12.3. The number of hydrogen-bond donors (Lipinski definition) is 3. The molecule has 6 heavy (non-hydrogen) atoms. The summed E-state index contributed by atoms with van der Waals surface area (Å²) in [5.41, 5.74) is 2.12. The van der Waals surface area contributed by atoms with E-state index in [9.17, 15) is 0 Å². The Morgan fingerprint density at radius 2 is 2.00 bits per heavy atom. The van der Waals surface area contributed by atoms with Gasteiger partial charge in [-0.3, -0.25) is 0 Å². The second-order valence-corrected chi connectivity index (χ2v) is 1.61. The maximum absolute atomic E-state index is 4.70. The molecule has 0 bridgehead atoms. The van der Waals surface area contributed by atoms with Crippen LogP contribution >= 0.6 is 24.8 Å². The van der Waals surface area contributed by atoms with E-state index in [4.69, 9.17) is 5.84 Å². The van der Waals surface area contributed by atoms with Gasteiger partial charge in [-0.2, -0.15) is 0 Å². The molecule has 0 saturated carbocycles. The van der Waals surface area contributed by atoms with Gasteiger partial charge >= 0.3 is 51.4 Å². The van der Waals surface area contributed by atoms with Gasteiger partial charge in [0.05, 0.1) is 0 Å². The second-order valence-electron chi connectivity index (χ2n) is 0.449. The van der Waals surface area contributed by atoms with Gasteiger partial charge in [-0.25, -0.2) is 5.84 Å². The van der Waals surface area contributed by atoms with E-state index in [0.717, 1.165) is 0 Å². The van der Waals surface area contributed by atoms with E-state index in [0.29, 0.717) is 4.32 Å². The fourth-order valence-corrected chi connectivity index (χ4v) is 0. The van der Waals surface area contributed by atoms with Crippen LogP contribution < -0.4 is 11.3 Å². The summed E-state index contributed by atoms with van der Waals surface area (Å²) < 4.78 is 0.310. The average molecular weight is 148 g/mol. The molecule has 5 heteroatoms. The molecular weight excluding hydrogens is 143 g/mol. The van der Waals surface area contributed by atoms with Crippen LogP contribution in [0, 0.1) is 0 Å². The third kappa shape index (κ3) is 9.28. The van der Waals surface area contributed by atoms with Gasteiger partial charge in [0.25, 0.3) is 0 Å². The molecule has 0 aromatic heterocycles. The number of thiocarbonyl (C=S) groups is 1. The van der Waals surface area contributed by atoms with Gasteiger partial charge in [0.1, 0.15) is 4.32 Å². The molecule has 0 aromatic carbocycles. The summed E-state index contributed by atoms with van der Waals surface area (Å²) in [7, 11) is 0. The first-order chi connectivity index (χ1) is 2.27. The zero-order valence-corrected chi connectivity index (χ0v) is 4.14. The molecule has 0 saturated heterocycles. The summed E-state index contributed by atoms with van der Waals surface area (Å²) in [5, 5.41) is 0. The normalized spacial score (nSPS) is 5.67. The summed E-state index contributed by atoms with van der Waals surface area (Å²) in [6.07, 6.45) is 0. The van der Waals surface area contributed by atoms with Crippen molar-refractivity contribution in [2.45, 2.75) is 0 Å². The summed E-state index contributed by atoms with van der Waals surface area (Å²) in [6.45, 7) is 0. The van der Waals surface area contributed by atoms with Crippen LogP contribution in [0.25, 0.3) is 0 Å². The predicted molar refractivity (Wildman–Crippen MR) is 36.1 cm³/mol. The van der Waals surface area contributed by atoms with Gasteiger partial charge in [0, 0.05) is 0 Å². The van der Waals surface area contributed by atoms with Gasteiger partial charge in [0.15, 0.2) is 0 Å². The van der Waals surface area contributed by atoms with E-state index in [1.165, 1.54) is 0 Å². The molecule has 2 nitrogen and oxygen atoms in total. The minimum atomic E-state index is 0. The molecule has 0 aliphatic rings. The zero-order chi connectivity index (χ0) is 4.28. The summed E-state index contributed by atoms with van der Waals surface area (Å²) in [6, 6.07) is 0. The molecule has 0 radical (unpaired) electrons. The Morgan fingerprint density at radius 1 is 1.83 bits per heavy atom. The van der Waals surface area contributed by atoms with Crippen LogP contribution in [0.15, 0.2) is 0 Å². The maximum atomic E-state index is 4.70. The van der Waals surface area contributed by atoms with E-state index in [2.05, 4.69) is 30.3 Å². The molecule has 0 aromatic rings. The molecule has 0 rings (SSSR count). The van der Waals surface area contributed by atoms with Crippen molar-refractivity contribution in [3.63, 3.8) is 0 Å². The fourth-order valence-electron chi connectivity index (χ4n) is 0. The zero-order valence-electron chi connectivity index (χ0n) is 2.43. The van der Waals surface area contributed by atoms with Crippen molar-refractivity contribution < 1.29 is 0 Å². The van der Waals surface area contributed by atoms with E-state index in [1.54, 1.807) is 0 Å². The number of thiol groups is 1. The Labute approximate surface area is 90.0 Å². The third-order valence-electron chi connectivity index (χ3n) is 0.123. The SMILES string of the molecule is NNC(=S)S.[KH]. The van der Waals surface area contributed by atoms with Gasteiger partial charge in [0.2, 0.25) is 0 Å². The topological polar surface area (TPSA) is 38.0 Å². The van der Waals surface area contributed by atoms with Crippen LogP contribution in [0.3, 0.4) is 0 Å². The quantitative estimate of drug-likeness (QED) is 0.136. The molecule has 0 unspecified atom stereocenters. The first-order valence-electron chi connectivity index (χ1n) is 0.966. The van der Waals surface area contributed by atoms with Crippen molar-refractivity contribution in [1.82, 2.24) is 5.43 Å². The van der Waals surface area contributed by atoms with Crippen molar-refractivity contribution in [3.05, 3.63) is 0 Å². The van der Waals surface area contributed by atoms with Gasteiger partial charge in [-0.15, -0.1) is 12.6 Å². The standard InChI is InChI=1S/CH4N2S2.K.H/c2-3-1(4)5;;/h2H2,(H2,3,4,5);;. The molecule has 3 N–H and O–H groups in total. The van der Waals surface area contributed by atoms with Crippen LogP contribution in [0.5, 0.6) is 0 Å². The summed E-state index contributed by atoms with van der Waals surface area (Å²) in [5.74, 6) is 4.70. The molecule has 0 atom stereocenters. The van der Waals surface area contributed by atoms with Crippen LogP contribution in [0.1, 0.15) is 0 Å². The van der Waals surface area contributed by atoms with Crippen molar-refractivity contribution in [2.75, 3.05) is 0 Å². The molecule has 0 heterocycles. The summed E-state index contributed by atoms with van der Waals surface area (Å²) in [4.78, 5) is 0. The fraction of sp³-hybridized carbons (Fsp3) is 0. The molecule has 0 aliphatic heterocycles. The van der Waals surface area contributed by atoms with Crippen LogP contribution in [-0.4, -0.2) is 55.7 Å². The van der Waals surface area contributed by atoms with Crippen molar-refractivity contribution >= 4 is 80.6 Å². The molecular formula is CH5KN2S2. The van der Waals surface area contributed by atoms with Crippen LogP contribution in [0.4, 0.5) is 0 Å². The predicted octanol–water partition coefficient (Wildman–Crippen LogP) is -0.984. The molecule has 0 fully saturated rings. The van der Waals surface area contributed by atoms with E-state index in [-0.39, 0.29) is 51.4 Å². The van der Waals surface area contributed by atoms with Gasteiger partial charge in [-0.1, -0.05) is 12.2 Å². The number of nitrogens with two attached hydrogens (primary N) is 1. The van der Waals surface area contributed by atoms with Crippen molar-refractivity contribution in [1.29, 1.82) is 0 Å². The van der Waals surface area contributed by atoms with Gasteiger partial charge in [-0.05, 0) is 0 Å². The van der Waals surface area contributed by atoms with E-state index in [1.807, 2.05) is 0 Å². The number of hydrazine groups is 1. The van der Waals surface area contributed by atoms with Crippen LogP contribution in [0.2, 0.25) is 0 Å². The first kappa shape index (κ1) is 10.8. The molecule has 0 spiro atoms. The van der Waals surface area contributed by atoms with E-state index < -0.39 is 0 Å². The Bertz CT molecular complexity index is 46.8. The first-order valence-corrected chi connectivity index (χ1v) is 1.82. The minimum absolute atomic E-state index is 0. The number of rotatable bonds is 0. The van der Waals surface area contributed by atoms with E-state index >= 15 is 0 Å². The average Bonchev–Trinajstić information content (AvgIpc) is 1.38. The Hall–Kier alpha value is 1.84. The third-order valence-corrected chi connectivity index (χ3v) is 0.370. The van der Waals surface area contributed by atoms with Crippen LogP contribution in [-0.2, 0) is 0 Å². The monoisotopic (exact) mass is 148 g/mol. The van der Waals surface area contributed by atoms with Crippen molar-refractivity contribution in [3.8, 4) is 0 Å². The molecule has 0 aliphatic carbocycles. The van der Waals surface area contributed by atoms with Crippen molar-refractivity contribution in [2.24, 2.45) is 5.84 Å². The molecule has 0 amide bonds.